The standard InChI is InChI=1S/C10H17NO2/c1-10(7-3-4-7)6-5-8(11-10)9(12)13-2/h7-8,11H,3-6H2,1-2H3. The Kier molecular flexibility index (Phi) is 2.06. The van der Waals surface area contributed by atoms with E-state index >= 15 is 0 Å². The lowest BCUT2D eigenvalue weighted by Crippen LogP contribution is -2.45. The van der Waals surface area contributed by atoms with Crippen molar-refractivity contribution in [2.45, 2.75) is 44.2 Å². The van der Waals surface area contributed by atoms with E-state index in [2.05, 4.69) is 12.2 Å². The molecule has 2 fully saturated rings. The molecule has 13 heavy (non-hydrogen) atoms. The molecule has 3 heteroatoms. The van der Waals surface area contributed by atoms with Gasteiger partial charge in [-0.05, 0) is 38.5 Å². The van der Waals surface area contributed by atoms with Crippen LogP contribution in [0.15, 0.2) is 0 Å². The fourth-order valence-corrected chi connectivity index (χ4v) is 2.35. The van der Waals surface area contributed by atoms with Crippen molar-refractivity contribution in [3.63, 3.8) is 0 Å². The van der Waals surface area contributed by atoms with Gasteiger partial charge in [-0.15, -0.1) is 0 Å². The van der Waals surface area contributed by atoms with Crippen LogP contribution in [-0.2, 0) is 9.53 Å². The minimum atomic E-state index is -0.107. The molecule has 0 aromatic rings. The third-order valence-electron chi connectivity index (χ3n) is 3.42. The van der Waals surface area contributed by atoms with Gasteiger partial charge >= 0.3 is 5.97 Å². The summed E-state index contributed by atoms with van der Waals surface area (Å²) in [5.41, 5.74) is 0.207. The highest BCUT2D eigenvalue weighted by atomic mass is 16.5. The summed E-state index contributed by atoms with van der Waals surface area (Å²) in [4.78, 5) is 11.3. The minimum Gasteiger partial charge on any atom is -0.468 e. The van der Waals surface area contributed by atoms with E-state index in [0.29, 0.717) is 0 Å². The summed E-state index contributed by atoms with van der Waals surface area (Å²) >= 11 is 0. The van der Waals surface area contributed by atoms with E-state index in [4.69, 9.17) is 4.74 Å². The minimum absolute atomic E-state index is 0.0596. The number of hydrogen-bond acceptors (Lipinski definition) is 3. The molecule has 3 nitrogen and oxygen atoms in total. The van der Waals surface area contributed by atoms with Crippen LogP contribution in [0.4, 0.5) is 0 Å². The molecule has 2 unspecified atom stereocenters. The number of esters is 1. The summed E-state index contributed by atoms with van der Waals surface area (Å²) in [6.45, 7) is 2.23. The molecule has 2 rings (SSSR count). The lowest BCUT2D eigenvalue weighted by atomic mass is 9.94. The normalized spacial score (nSPS) is 39.1. The fraction of sp³-hybridized carbons (Fsp3) is 0.900. The maximum atomic E-state index is 11.3. The lowest BCUT2D eigenvalue weighted by Gasteiger charge is -2.25. The predicted molar refractivity (Wildman–Crippen MR) is 49.3 cm³/mol. The van der Waals surface area contributed by atoms with Gasteiger partial charge in [0.2, 0.25) is 0 Å². The van der Waals surface area contributed by atoms with Crippen molar-refractivity contribution in [2.75, 3.05) is 7.11 Å². The summed E-state index contributed by atoms with van der Waals surface area (Å²) in [5.74, 6) is 0.687. The van der Waals surface area contributed by atoms with Gasteiger partial charge in [-0.3, -0.25) is 10.1 Å². The topological polar surface area (TPSA) is 38.3 Å². The van der Waals surface area contributed by atoms with E-state index in [1.165, 1.54) is 20.0 Å². The Balaban J connectivity index is 1.96. The van der Waals surface area contributed by atoms with Crippen molar-refractivity contribution < 1.29 is 9.53 Å². The molecule has 0 aromatic carbocycles. The number of carbonyl (C=O) groups is 1. The number of rotatable bonds is 2. The molecule has 1 N–H and O–H groups in total. The molecule has 1 heterocycles. The largest absolute Gasteiger partial charge is 0.468 e. The van der Waals surface area contributed by atoms with E-state index < -0.39 is 0 Å². The van der Waals surface area contributed by atoms with E-state index in [0.717, 1.165) is 18.8 Å². The molecule has 2 aliphatic rings. The first-order valence-electron chi connectivity index (χ1n) is 5.01. The maximum absolute atomic E-state index is 11.3. The zero-order valence-corrected chi connectivity index (χ0v) is 8.30. The Hall–Kier alpha value is -0.570. The quantitative estimate of drug-likeness (QED) is 0.651. The Labute approximate surface area is 78.8 Å². The Morgan fingerprint density at radius 1 is 1.46 bits per heavy atom. The van der Waals surface area contributed by atoms with Gasteiger partial charge in [0.15, 0.2) is 0 Å². The number of hydrogen-bond donors (Lipinski definition) is 1. The Morgan fingerprint density at radius 2 is 2.15 bits per heavy atom. The van der Waals surface area contributed by atoms with Gasteiger partial charge in [-0.25, -0.2) is 0 Å². The predicted octanol–water partition coefficient (Wildman–Crippen LogP) is 1.08. The highest BCUT2D eigenvalue weighted by Gasteiger charge is 2.47. The van der Waals surface area contributed by atoms with Crippen molar-refractivity contribution in [1.82, 2.24) is 5.32 Å². The third kappa shape index (κ3) is 1.57. The van der Waals surface area contributed by atoms with Crippen molar-refractivity contribution in [1.29, 1.82) is 0 Å². The molecule has 74 valence electrons. The zero-order valence-electron chi connectivity index (χ0n) is 8.30. The highest BCUT2D eigenvalue weighted by Crippen LogP contribution is 2.44. The van der Waals surface area contributed by atoms with Crippen LogP contribution in [0.5, 0.6) is 0 Å². The molecule has 0 amide bonds. The van der Waals surface area contributed by atoms with Crippen LogP contribution in [0, 0.1) is 5.92 Å². The second kappa shape index (κ2) is 2.98. The van der Waals surface area contributed by atoms with Gasteiger partial charge in [-0.1, -0.05) is 0 Å². The van der Waals surface area contributed by atoms with Crippen LogP contribution in [0.25, 0.3) is 0 Å². The van der Waals surface area contributed by atoms with Crippen molar-refractivity contribution in [2.24, 2.45) is 5.92 Å². The van der Waals surface area contributed by atoms with E-state index in [1.54, 1.807) is 0 Å². The molecule has 1 aliphatic carbocycles. The van der Waals surface area contributed by atoms with Gasteiger partial charge in [0.1, 0.15) is 6.04 Å². The molecule has 1 saturated heterocycles. The SMILES string of the molecule is COC(=O)C1CCC(C)(C2CC2)N1. The average Bonchev–Trinajstić information content (AvgIpc) is 2.90. The van der Waals surface area contributed by atoms with Gasteiger partial charge < -0.3 is 4.74 Å². The van der Waals surface area contributed by atoms with E-state index in [-0.39, 0.29) is 17.6 Å². The van der Waals surface area contributed by atoms with Gasteiger partial charge in [0.05, 0.1) is 7.11 Å². The van der Waals surface area contributed by atoms with Crippen molar-refractivity contribution in [3.05, 3.63) is 0 Å². The summed E-state index contributed by atoms with van der Waals surface area (Å²) in [7, 11) is 1.46. The van der Waals surface area contributed by atoms with Crippen molar-refractivity contribution in [3.8, 4) is 0 Å². The monoisotopic (exact) mass is 183 g/mol. The lowest BCUT2D eigenvalue weighted by molar-refractivity contribution is -0.142. The number of nitrogens with one attached hydrogen (secondary N) is 1. The summed E-state index contributed by atoms with van der Waals surface area (Å²) in [5, 5.41) is 3.41. The first kappa shape index (κ1) is 9.00. The maximum Gasteiger partial charge on any atom is 0.322 e. The van der Waals surface area contributed by atoms with Crippen LogP contribution < -0.4 is 5.32 Å². The zero-order chi connectivity index (χ0) is 9.47. The molecule has 0 radical (unpaired) electrons. The Morgan fingerprint density at radius 3 is 2.69 bits per heavy atom. The van der Waals surface area contributed by atoms with Crippen LogP contribution in [0.2, 0.25) is 0 Å². The molecule has 0 aromatic heterocycles. The van der Waals surface area contributed by atoms with Crippen molar-refractivity contribution >= 4 is 5.97 Å². The fourth-order valence-electron chi connectivity index (χ4n) is 2.35. The summed E-state index contributed by atoms with van der Waals surface area (Å²) in [6.07, 6.45) is 4.67. The average molecular weight is 183 g/mol. The van der Waals surface area contributed by atoms with Crippen LogP contribution >= 0.6 is 0 Å². The van der Waals surface area contributed by atoms with Gasteiger partial charge in [-0.2, -0.15) is 0 Å². The van der Waals surface area contributed by atoms with Crippen LogP contribution in [0.1, 0.15) is 32.6 Å². The number of ether oxygens (including phenoxy) is 1. The molecule has 1 saturated carbocycles. The van der Waals surface area contributed by atoms with E-state index in [1.807, 2.05) is 0 Å². The molecule has 2 atom stereocenters. The second-order valence-corrected chi connectivity index (χ2v) is 4.45. The first-order valence-corrected chi connectivity index (χ1v) is 5.01. The van der Waals surface area contributed by atoms with E-state index in [9.17, 15) is 4.79 Å². The number of carbonyl (C=O) groups excluding carboxylic acids is 1. The summed E-state index contributed by atoms with van der Waals surface area (Å²) in [6, 6.07) is -0.0596. The molecule has 1 aliphatic heterocycles. The second-order valence-electron chi connectivity index (χ2n) is 4.45. The summed E-state index contributed by atoms with van der Waals surface area (Å²) < 4.78 is 4.73. The number of methoxy groups -OCH3 is 1. The van der Waals surface area contributed by atoms with Gasteiger partial charge in [0.25, 0.3) is 0 Å². The molecular weight excluding hydrogens is 166 g/mol. The highest BCUT2D eigenvalue weighted by molar-refractivity contribution is 5.76. The molecular formula is C10H17NO2. The van der Waals surface area contributed by atoms with Crippen LogP contribution in [0.3, 0.4) is 0 Å². The van der Waals surface area contributed by atoms with Crippen LogP contribution in [-0.4, -0.2) is 24.7 Å². The Bertz CT molecular complexity index is 225. The first-order chi connectivity index (χ1) is 6.15. The molecule has 0 spiro atoms. The molecule has 0 bridgehead atoms. The third-order valence-corrected chi connectivity index (χ3v) is 3.42. The smallest absolute Gasteiger partial charge is 0.322 e. The van der Waals surface area contributed by atoms with Gasteiger partial charge in [0, 0.05) is 5.54 Å².